The van der Waals surface area contributed by atoms with Gasteiger partial charge in [-0.1, -0.05) is 41.0 Å². The Morgan fingerprint density at radius 2 is 1.94 bits per heavy atom. The lowest BCUT2D eigenvalue weighted by atomic mass is 9.69. The van der Waals surface area contributed by atoms with Crippen molar-refractivity contribution in [1.29, 1.82) is 0 Å². The number of hydrogen-bond acceptors (Lipinski definition) is 3. The molecule has 1 aliphatic carbocycles. The summed E-state index contributed by atoms with van der Waals surface area (Å²) in [6, 6.07) is 0. The predicted octanol–water partition coefficient (Wildman–Crippen LogP) is 4.19. The van der Waals surface area contributed by atoms with Crippen molar-refractivity contribution in [2.24, 2.45) is 11.1 Å². The van der Waals surface area contributed by atoms with E-state index in [1.165, 1.54) is 18.5 Å². The molecule has 1 aromatic rings. The third-order valence-electron chi connectivity index (χ3n) is 3.97. The molecule has 102 valence electrons. The highest BCUT2D eigenvalue weighted by molar-refractivity contribution is 7.09. The number of aromatic nitrogens is 1. The number of nitrogens with zero attached hydrogens (tertiary/aromatic N) is 1. The Bertz CT molecular complexity index is 428. The number of hydrogen-bond donors (Lipinski definition) is 1. The Hall–Kier alpha value is -0.410. The van der Waals surface area contributed by atoms with Crippen molar-refractivity contribution >= 4 is 11.3 Å². The Kier molecular flexibility index (Phi) is 3.35. The fourth-order valence-corrected chi connectivity index (χ4v) is 4.13. The summed E-state index contributed by atoms with van der Waals surface area (Å²) in [5.41, 5.74) is 8.11. The summed E-state index contributed by atoms with van der Waals surface area (Å²) in [5.74, 6) is 0. The van der Waals surface area contributed by atoms with Crippen LogP contribution in [0.25, 0.3) is 0 Å². The van der Waals surface area contributed by atoms with Crippen LogP contribution in [-0.4, -0.2) is 4.98 Å². The van der Waals surface area contributed by atoms with Crippen LogP contribution in [0.2, 0.25) is 0 Å². The van der Waals surface area contributed by atoms with Gasteiger partial charge in [-0.25, -0.2) is 4.98 Å². The van der Waals surface area contributed by atoms with Crippen molar-refractivity contribution in [3.63, 3.8) is 0 Å². The minimum atomic E-state index is -0.198. The Balaban J connectivity index is 2.28. The van der Waals surface area contributed by atoms with Gasteiger partial charge in [-0.2, -0.15) is 0 Å². The maximum atomic E-state index is 6.66. The molecule has 0 aliphatic heterocycles. The second-order valence-electron chi connectivity index (χ2n) is 7.64. The van der Waals surface area contributed by atoms with Crippen molar-refractivity contribution in [2.45, 2.75) is 71.3 Å². The van der Waals surface area contributed by atoms with Crippen LogP contribution in [0, 0.1) is 5.41 Å². The van der Waals surface area contributed by atoms with E-state index in [0.29, 0.717) is 5.41 Å². The summed E-state index contributed by atoms with van der Waals surface area (Å²) >= 11 is 1.75. The first-order chi connectivity index (χ1) is 8.12. The highest BCUT2D eigenvalue weighted by Crippen LogP contribution is 2.45. The van der Waals surface area contributed by atoms with Crippen LogP contribution in [0.1, 0.15) is 71.0 Å². The SMILES string of the molecule is CC1(C)CCCC(N)(c2nc(C(C)(C)C)cs2)C1. The van der Waals surface area contributed by atoms with E-state index < -0.39 is 0 Å². The molecule has 0 amide bonds. The summed E-state index contributed by atoms with van der Waals surface area (Å²) in [5, 5.41) is 3.33. The lowest BCUT2D eigenvalue weighted by molar-refractivity contribution is 0.150. The standard InChI is InChI=1S/C15H26N2S/c1-13(2,3)11-9-18-12(17-11)15(16)8-6-7-14(4,5)10-15/h9H,6-8,10,16H2,1-5H3. The fraction of sp³-hybridized carbons (Fsp3) is 0.800. The summed E-state index contributed by atoms with van der Waals surface area (Å²) in [6.45, 7) is 11.3. The molecule has 1 aliphatic rings. The van der Waals surface area contributed by atoms with Gasteiger partial charge in [0.2, 0.25) is 0 Å². The number of rotatable bonds is 1. The van der Waals surface area contributed by atoms with Crippen molar-refractivity contribution in [2.75, 3.05) is 0 Å². The summed E-state index contributed by atoms with van der Waals surface area (Å²) < 4.78 is 0. The van der Waals surface area contributed by atoms with Crippen LogP contribution in [-0.2, 0) is 11.0 Å². The average Bonchev–Trinajstić information content (AvgIpc) is 2.63. The van der Waals surface area contributed by atoms with Crippen molar-refractivity contribution in [3.8, 4) is 0 Å². The molecule has 1 aromatic heterocycles. The smallest absolute Gasteiger partial charge is 0.113 e. The number of thiazole rings is 1. The van der Waals surface area contributed by atoms with Gasteiger partial charge in [0, 0.05) is 10.8 Å². The topological polar surface area (TPSA) is 38.9 Å². The summed E-state index contributed by atoms with van der Waals surface area (Å²) in [4.78, 5) is 4.84. The highest BCUT2D eigenvalue weighted by Gasteiger charge is 2.40. The van der Waals surface area contributed by atoms with E-state index in [1.807, 2.05) is 0 Å². The quantitative estimate of drug-likeness (QED) is 0.827. The molecule has 0 aromatic carbocycles. The van der Waals surface area contributed by atoms with Crippen LogP contribution in [0.3, 0.4) is 0 Å². The largest absolute Gasteiger partial charge is 0.319 e. The molecule has 2 nitrogen and oxygen atoms in total. The maximum absolute atomic E-state index is 6.66. The molecule has 18 heavy (non-hydrogen) atoms. The molecule has 0 spiro atoms. The first-order valence-corrected chi connectivity index (χ1v) is 7.76. The molecule has 0 bridgehead atoms. The molecule has 1 saturated carbocycles. The minimum Gasteiger partial charge on any atom is -0.319 e. The first kappa shape index (κ1) is 14.0. The van der Waals surface area contributed by atoms with Gasteiger partial charge in [-0.3, -0.25) is 0 Å². The summed E-state index contributed by atoms with van der Waals surface area (Å²) in [7, 11) is 0. The molecule has 2 rings (SSSR count). The van der Waals surface area contributed by atoms with Gasteiger partial charge in [-0.05, 0) is 24.7 Å². The predicted molar refractivity (Wildman–Crippen MR) is 78.9 cm³/mol. The highest BCUT2D eigenvalue weighted by atomic mass is 32.1. The second-order valence-corrected chi connectivity index (χ2v) is 8.50. The Morgan fingerprint density at radius 3 is 2.44 bits per heavy atom. The van der Waals surface area contributed by atoms with E-state index in [1.54, 1.807) is 11.3 Å². The van der Waals surface area contributed by atoms with Crippen LogP contribution in [0.4, 0.5) is 0 Å². The Morgan fingerprint density at radius 1 is 1.28 bits per heavy atom. The molecule has 1 atom stereocenters. The van der Waals surface area contributed by atoms with Gasteiger partial charge < -0.3 is 5.73 Å². The molecule has 0 saturated heterocycles. The van der Waals surface area contributed by atoms with Gasteiger partial charge in [0.15, 0.2) is 0 Å². The van der Waals surface area contributed by atoms with E-state index in [4.69, 9.17) is 10.7 Å². The lowest BCUT2D eigenvalue weighted by Crippen LogP contribution is -2.44. The van der Waals surface area contributed by atoms with Gasteiger partial charge >= 0.3 is 0 Å². The molecule has 3 heteroatoms. The molecular formula is C15H26N2S. The average molecular weight is 266 g/mol. The number of nitrogens with two attached hydrogens (primary N) is 1. The monoisotopic (exact) mass is 266 g/mol. The van der Waals surface area contributed by atoms with Gasteiger partial charge in [0.1, 0.15) is 5.01 Å². The van der Waals surface area contributed by atoms with Gasteiger partial charge in [0.05, 0.1) is 11.2 Å². The van der Waals surface area contributed by atoms with Gasteiger partial charge in [0.25, 0.3) is 0 Å². The molecule has 1 unspecified atom stereocenters. The zero-order valence-corrected chi connectivity index (χ0v) is 13.2. The van der Waals surface area contributed by atoms with E-state index >= 15 is 0 Å². The Labute approximate surface area is 115 Å². The van der Waals surface area contributed by atoms with Crippen LogP contribution in [0.15, 0.2) is 5.38 Å². The van der Waals surface area contributed by atoms with Crippen molar-refractivity contribution in [1.82, 2.24) is 4.98 Å². The van der Waals surface area contributed by atoms with E-state index in [0.717, 1.165) is 17.8 Å². The molecule has 0 radical (unpaired) electrons. The molecular weight excluding hydrogens is 240 g/mol. The lowest BCUT2D eigenvalue weighted by Gasteiger charge is -2.41. The molecule has 1 fully saturated rings. The zero-order chi connectivity index (χ0) is 13.6. The first-order valence-electron chi connectivity index (χ1n) is 6.88. The normalized spacial score (nSPS) is 28.3. The second kappa shape index (κ2) is 4.31. The van der Waals surface area contributed by atoms with Crippen molar-refractivity contribution < 1.29 is 0 Å². The van der Waals surface area contributed by atoms with Crippen LogP contribution >= 0.6 is 11.3 Å². The zero-order valence-electron chi connectivity index (χ0n) is 12.3. The fourth-order valence-electron chi connectivity index (χ4n) is 2.94. The van der Waals surface area contributed by atoms with Crippen LogP contribution < -0.4 is 5.73 Å². The molecule has 2 N–H and O–H groups in total. The van der Waals surface area contributed by atoms with E-state index in [-0.39, 0.29) is 11.0 Å². The molecule has 1 heterocycles. The third-order valence-corrected chi connectivity index (χ3v) is 5.03. The summed E-state index contributed by atoms with van der Waals surface area (Å²) in [6.07, 6.45) is 4.63. The van der Waals surface area contributed by atoms with Crippen LogP contribution in [0.5, 0.6) is 0 Å². The van der Waals surface area contributed by atoms with E-state index in [9.17, 15) is 0 Å². The van der Waals surface area contributed by atoms with Gasteiger partial charge in [-0.15, -0.1) is 11.3 Å². The minimum absolute atomic E-state index is 0.120. The maximum Gasteiger partial charge on any atom is 0.113 e. The van der Waals surface area contributed by atoms with Crippen molar-refractivity contribution in [3.05, 3.63) is 16.1 Å². The van der Waals surface area contributed by atoms with E-state index in [2.05, 4.69) is 40.0 Å². The third kappa shape index (κ3) is 2.77.